The van der Waals surface area contributed by atoms with E-state index in [1.165, 1.54) is 38.5 Å². The monoisotopic (exact) mass is 446 g/mol. The van der Waals surface area contributed by atoms with Crippen LogP contribution in [0.15, 0.2) is 0 Å². The molecule has 12 atom stereocenters. The van der Waals surface area contributed by atoms with Crippen LogP contribution in [0.3, 0.4) is 0 Å². The van der Waals surface area contributed by atoms with Gasteiger partial charge in [0, 0.05) is 30.8 Å². The van der Waals surface area contributed by atoms with E-state index in [-0.39, 0.29) is 34.7 Å². The third-order valence-electron chi connectivity index (χ3n) is 12.4. The molecule has 4 saturated carbocycles. The second-order valence-corrected chi connectivity index (χ2v) is 13.3. The van der Waals surface area contributed by atoms with Gasteiger partial charge in [-0.25, -0.2) is 0 Å². The van der Waals surface area contributed by atoms with Crippen LogP contribution < -0.4 is 0 Å². The van der Waals surface area contributed by atoms with E-state index in [0.717, 1.165) is 6.42 Å². The van der Waals surface area contributed by atoms with Crippen LogP contribution in [0.2, 0.25) is 0 Å². The van der Waals surface area contributed by atoms with Crippen molar-refractivity contribution in [3.05, 3.63) is 0 Å². The van der Waals surface area contributed by atoms with Gasteiger partial charge in [-0.05, 0) is 73.0 Å². The number of hydrogen-bond acceptors (Lipinski definition) is 4. The summed E-state index contributed by atoms with van der Waals surface area (Å²) in [6, 6.07) is 0. The van der Waals surface area contributed by atoms with Crippen LogP contribution in [-0.2, 0) is 14.3 Å². The molecule has 5 aliphatic rings. The van der Waals surface area contributed by atoms with Crippen molar-refractivity contribution in [1.82, 2.24) is 0 Å². The van der Waals surface area contributed by atoms with E-state index in [2.05, 4.69) is 34.6 Å². The van der Waals surface area contributed by atoms with Gasteiger partial charge in [0.1, 0.15) is 5.78 Å². The van der Waals surface area contributed by atoms with Gasteiger partial charge in [-0.3, -0.25) is 4.79 Å². The minimum absolute atomic E-state index is 0.0183. The van der Waals surface area contributed by atoms with Gasteiger partial charge in [-0.1, -0.05) is 47.5 Å². The first kappa shape index (κ1) is 23.3. The lowest BCUT2D eigenvalue weighted by molar-refractivity contribution is -0.233. The molecular formula is C28H46O4. The van der Waals surface area contributed by atoms with E-state index < -0.39 is 17.8 Å². The molecule has 1 N–H and O–H groups in total. The summed E-state index contributed by atoms with van der Waals surface area (Å²) in [4.78, 5) is 14.2. The molecule has 0 bridgehead atoms. The van der Waals surface area contributed by atoms with Crippen molar-refractivity contribution in [3.63, 3.8) is 0 Å². The number of methoxy groups -OCH3 is 1. The summed E-state index contributed by atoms with van der Waals surface area (Å²) in [5, 5.41) is 11.4. The quantitative estimate of drug-likeness (QED) is 0.599. The number of hydrogen-bond donors (Lipinski definition) is 1. The highest BCUT2D eigenvalue weighted by atomic mass is 16.7. The molecule has 0 aromatic carbocycles. The van der Waals surface area contributed by atoms with E-state index in [1.54, 1.807) is 7.11 Å². The van der Waals surface area contributed by atoms with Crippen molar-refractivity contribution in [1.29, 1.82) is 0 Å². The Bertz CT molecular complexity index is 781. The van der Waals surface area contributed by atoms with Gasteiger partial charge >= 0.3 is 0 Å². The third-order valence-corrected chi connectivity index (χ3v) is 12.4. The molecule has 4 nitrogen and oxygen atoms in total. The molecule has 1 heterocycles. The molecule has 5 rings (SSSR count). The topological polar surface area (TPSA) is 55.8 Å². The van der Waals surface area contributed by atoms with Crippen molar-refractivity contribution in [2.75, 3.05) is 7.11 Å². The van der Waals surface area contributed by atoms with E-state index in [9.17, 15) is 9.90 Å². The molecule has 4 aliphatic carbocycles. The standard InChI is InChI=1S/C28H46O4/c1-8-25(3)11-9-12-26(4)18(25)10-13-27(5)19(26)15-21(30)28(6)20(27)14-17(29)22-16(2)32-24(31-7)23(22)28/h16-20,22-24,29H,8-15H2,1-7H3/t16-,17-,18-,19+,20-,22+,23+,24+,25-,26-,27+,28+/m0/s1. The minimum atomic E-state index is -0.480. The molecule has 0 radical (unpaired) electrons. The first-order valence-electron chi connectivity index (χ1n) is 13.4. The molecule has 0 aromatic heterocycles. The maximum absolute atomic E-state index is 14.2. The molecule has 1 aliphatic heterocycles. The number of aliphatic hydroxyl groups excluding tert-OH is 1. The predicted molar refractivity (Wildman–Crippen MR) is 125 cm³/mol. The number of ketones is 1. The van der Waals surface area contributed by atoms with Crippen molar-refractivity contribution in [3.8, 4) is 0 Å². The molecular weight excluding hydrogens is 400 g/mol. The first-order valence-corrected chi connectivity index (χ1v) is 13.4. The molecule has 5 fully saturated rings. The summed E-state index contributed by atoms with van der Waals surface area (Å²) in [6.45, 7) is 14.2. The lowest BCUT2D eigenvalue weighted by Gasteiger charge is -2.70. The Labute approximate surface area is 195 Å². The largest absolute Gasteiger partial charge is 0.393 e. The zero-order valence-corrected chi connectivity index (χ0v) is 21.4. The Morgan fingerprint density at radius 3 is 2.41 bits per heavy atom. The van der Waals surface area contributed by atoms with Crippen LogP contribution in [0.5, 0.6) is 0 Å². The highest BCUT2D eigenvalue weighted by Crippen LogP contribution is 2.74. The van der Waals surface area contributed by atoms with Crippen molar-refractivity contribution in [2.24, 2.45) is 51.2 Å². The van der Waals surface area contributed by atoms with Gasteiger partial charge in [0.25, 0.3) is 0 Å². The molecule has 32 heavy (non-hydrogen) atoms. The number of rotatable bonds is 2. The van der Waals surface area contributed by atoms with Crippen LogP contribution >= 0.6 is 0 Å². The van der Waals surface area contributed by atoms with Gasteiger partial charge in [0.2, 0.25) is 0 Å². The molecule has 0 spiro atoms. The van der Waals surface area contributed by atoms with E-state index in [4.69, 9.17) is 9.47 Å². The van der Waals surface area contributed by atoms with Crippen LogP contribution in [0, 0.1) is 51.2 Å². The van der Waals surface area contributed by atoms with Gasteiger partial charge in [0.05, 0.1) is 12.2 Å². The summed E-state index contributed by atoms with van der Waals surface area (Å²) in [5.74, 6) is 1.64. The van der Waals surface area contributed by atoms with Crippen LogP contribution in [-0.4, -0.2) is 36.5 Å². The second kappa shape index (κ2) is 7.28. The average Bonchev–Trinajstić information content (AvgIpc) is 3.10. The first-order chi connectivity index (χ1) is 15.0. The van der Waals surface area contributed by atoms with Gasteiger partial charge in [-0.15, -0.1) is 0 Å². The predicted octanol–water partition coefficient (Wildman–Crippen LogP) is 5.61. The van der Waals surface area contributed by atoms with Crippen LogP contribution in [0.1, 0.15) is 92.9 Å². The summed E-state index contributed by atoms with van der Waals surface area (Å²) in [5.41, 5.74) is 0.211. The fraction of sp³-hybridized carbons (Fsp3) is 0.964. The summed E-state index contributed by atoms with van der Waals surface area (Å²) >= 11 is 0. The number of ether oxygens (including phenoxy) is 2. The summed E-state index contributed by atoms with van der Waals surface area (Å²) < 4.78 is 12.0. The molecule has 1 saturated heterocycles. The van der Waals surface area contributed by atoms with E-state index in [1.807, 2.05) is 6.92 Å². The average molecular weight is 447 g/mol. The number of aliphatic hydroxyl groups is 1. The fourth-order valence-electron chi connectivity index (χ4n) is 10.7. The van der Waals surface area contributed by atoms with Gasteiger partial charge < -0.3 is 14.6 Å². The zero-order valence-electron chi connectivity index (χ0n) is 21.4. The Morgan fingerprint density at radius 2 is 1.75 bits per heavy atom. The summed E-state index contributed by atoms with van der Waals surface area (Å²) in [7, 11) is 1.69. The molecule has 182 valence electrons. The molecule has 0 amide bonds. The number of fused-ring (bicyclic) bond motifs is 7. The second-order valence-electron chi connectivity index (χ2n) is 13.3. The van der Waals surface area contributed by atoms with Crippen molar-refractivity contribution in [2.45, 2.75) is 111 Å². The molecule has 0 aromatic rings. The molecule has 4 heteroatoms. The number of carbonyl (C=O) groups excluding carboxylic acids is 1. The Hall–Kier alpha value is -0.450. The maximum Gasteiger partial charge on any atom is 0.161 e. The van der Waals surface area contributed by atoms with Crippen LogP contribution in [0.4, 0.5) is 0 Å². The number of carbonyl (C=O) groups is 1. The van der Waals surface area contributed by atoms with Crippen molar-refractivity contribution >= 4 is 5.78 Å². The highest BCUT2D eigenvalue weighted by molar-refractivity contribution is 5.87. The smallest absolute Gasteiger partial charge is 0.161 e. The summed E-state index contributed by atoms with van der Waals surface area (Å²) in [6.07, 6.45) is 8.07. The molecule has 0 unspecified atom stereocenters. The number of Topliss-reactive ketones (excluding diaryl/α,β-unsaturated/α-hetero) is 1. The highest BCUT2D eigenvalue weighted by Gasteiger charge is 2.72. The third kappa shape index (κ3) is 2.69. The minimum Gasteiger partial charge on any atom is -0.393 e. The van der Waals surface area contributed by atoms with Crippen molar-refractivity contribution < 1.29 is 19.4 Å². The van der Waals surface area contributed by atoms with E-state index >= 15 is 0 Å². The lowest BCUT2D eigenvalue weighted by atomic mass is 9.34. The van der Waals surface area contributed by atoms with Crippen LogP contribution in [0.25, 0.3) is 0 Å². The Kier molecular flexibility index (Phi) is 5.30. The van der Waals surface area contributed by atoms with Gasteiger partial charge in [0.15, 0.2) is 6.29 Å². The lowest BCUT2D eigenvalue weighted by Crippen LogP contribution is -2.68. The van der Waals surface area contributed by atoms with Gasteiger partial charge in [-0.2, -0.15) is 0 Å². The Balaban J connectivity index is 1.59. The maximum atomic E-state index is 14.2. The normalized spacial score (nSPS) is 59.7. The Morgan fingerprint density at radius 1 is 1.06 bits per heavy atom. The zero-order chi connectivity index (χ0) is 23.3. The fourth-order valence-corrected chi connectivity index (χ4v) is 10.7. The van der Waals surface area contributed by atoms with E-state index in [0.29, 0.717) is 29.5 Å². The SMILES string of the molecule is CC[C@@]1(C)CCC[C@]2(C)[C@H]3CC(=O)[C@]4(C)[C@H]5[C@H](OC)O[C@@H](C)[C@@H]5[C@@H](O)C[C@H]4[C@]3(C)CC[C@@H]12.